The lowest BCUT2D eigenvalue weighted by Gasteiger charge is -2.32. The molecule has 0 spiro atoms. The molecule has 4 rings (SSSR count). The van der Waals surface area contributed by atoms with E-state index in [4.69, 9.17) is 4.98 Å². The summed E-state index contributed by atoms with van der Waals surface area (Å²) in [5.41, 5.74) is 2.80. The fraction of sp³-hybridized carbons (Fsp3) is 0.381. The van der Waals surface area contributed by atoms with E-state index in [1.54, 1.807) is 11.1 Å². The number of fused-ring (bicyclic) bond motifs is 1. The molecular formula is C21H24N4O3S2. The Morgan fingerprint density at radius 2 is 2.00 bits per heavy atom. The average Bonchev–Trinajstić information content (AvgIpc) is 3.14. The summed E-state index contributed by atoms with van der Waals surface area (Å²) in [5.74, 6) is -0.259. The molecule has 3 aromatic rings. The summed E-state index contributed by atoms with van der Waals surface area (Å²) in [7, 11) is -3.23. The van der Waals surface area contributed by atoms with Gasteiger partial charge in [-0.15, -0.1) is 0 Å². The summed E-state index contributed by atoms with van der Waals surface area (Å²) in [6, 6.07) is 11.7. The van der Waals surface area contributed by atoms with Crippen LogP contribution in [0.25, 0.3) is 10.2 Å². The van der Waals surface area contributed by atoms with Gasteiger partial charge in [0.15, 0.2) is 5.13 Å². The molecule has 1 aromatic carbocycles. The molecule has 0 saturated carbocycles. The number of aryl methyl sites for hydroxylation is 1. The Labute approximate surface area is 180 Å². The zero-order chi connectivity index (χ0) is 21.3. The van der Waals surface area contributed by atoms with E-state index in [1.807, 2.05) is 37.3 Å². The number of hydrogen-bond acceptors (Lipinski definition) is 6. The number of benzene rings is 1. The number of amides is 1. The number of carbonyl (C=O) groups excluding carboxylic acids is 1. The molecule has 1 amide bonds. The van der Waals surface area contributed by atoms with Gasteiger partial charge in [-0.3, -0.25) is 14.7 Å². The molecular weight excluding hydrogens is 420 g/mol. The van der Waals surface area contributed by atoms with Crippen molar-refractivity contribution in [1.29, 1.82) is 0 Å². The number of thiazole rings is 1. The van der Waals surface area contributed by atoms with Crippen molar-refractivity contribution in [3.8, 4) is 0 Å². The largest absolute Gasteiger partial charge is 0.282 e. The predicted octanol–water partition coefficient (Wildman–Crippen LogP) is 3.20. The minimum absolute atomic E-state index is 0.0235. The summed E-state index contributed by atoms with van der Waals surface area (Å²) in [6.45, 7) is 3.10. The maximum Gasteiger partial charge on any atom is 0.232 e. The summed E-state index contributed by atoms with van der Waals surface area (Å²) in [4.78, 5) is 24.3. The third-order valence-electron chi connectivity index (χ3n) is 5.35. The molecule has 1 aliphatic rings. The molecule has 0 N–H and O–H groups in total. The lowest BCUT2D eigenvalue weighted by atomic mass is 9.96. The third kappa shape index (κ3) is 4.53. The van der Waals surface area contributed by atoms with Crippen molar-refractivity contribution in [3.63, 3.8) is 0 Å². The van der Waals surface area contributed by atoms with Crippen molar-refractivity contribution in [2.75, 3.05) is 24.2 Å². The van der Waals surface area contributed by atoms with Crippen LogP contribution in [0.1, 0.15) is 24.1 Å². The molecule has 1 aliphatic heterocycles. The van der Waals surface area contributed by atoms with Crippen molar-refractivity contribution >= 4 is 42.6 Å². The van der Waals surface area contributed by atoms with E-state index in [1.165, 1.54) is 21.9 Å². The topological polar surface area (TPSA) is 83.5 Å². The van der Waals surface area contributed by atoms with Crippen LogP contribution >= 0.6 is 11.3 Å². The molecule has 0 radical (unpaired) electrons. The Hall–Kier alpha value is -2.36. The van der Waals surface area contributed by atoms with Crippen molar-refractivity contribution < 1.29 is 13.2 Å². The zero-order valence-electron chi connectivity index (χ0n) is 17.0. The van der Waals surface area contributed by atoms with Gasteiger partial charge >= 0.3 is 0 Å². The van der Waals surface area contributed by atoms with Crippen LogP contribution in [0, 0.1) is 12.8 Å². The molecule has 30 heavy (non-hydrogen) atoms. The molecule has 1 saturated heterocycles. The number of anilines is 1. The Kier molecular flexibility index (Phi) is 5.86. The van der Waals surface area contributed by atoms with E-state index in [2.05, 4.69) is 11.1 Å². The lowest BCUT2D eigenvalue weighted by Crippen LogP contribution is -2.44. The van der Waals surface area contributed by atoms with E-state index in [-0.39, 0.29) is 11.8 Å². The number of carbonyl (C=O) groups is 1. The second kappa shape index (κ2) is 8.41. The fourth-order valence-electron chi connectivity index (χ4n) is 3.68. The van der Waals surface area contributed by atoms with Crippen LogP contribution in [0.3, 0.4) is 0 Å². The van der Waals surface area contributed by atoms with E-state index >= 15 is 0 Å². The van der Waals surface area contributed by atoms with Crippen molar-refractivity contribution in [2.45, 2.75) is 26.3 Å². The first-order valence-electron chi connectivity index (χ1n) is 9.85. The lowest BCUT2D eigenvalue weighted by molar-refractivity contribution is -0.123. The summed E-state index contributed by atoms with van der Waals surface area (Å²) in [6.07, 6.45) is 3.94. The van der Waals surface area contributed by atoms with Gasteiger partial charge in [-0.1, -0.05) is 23.5 Å². The van der Waals surface area contributed by atoms with Gasteiger partial charge in [-0.25, -0.2) is 17.7 Å². The van der Waals surface area contributed by atoms with Gasteiger partial charge in [0, 0.05) is 25.2 Å². The maximum absolute atomic E-state index is 13.5. The molecule has 9 heteroatoms. The van der Waals surface area contributed by atoms with Crippen LogP contribution in [-0.2, 0) is 21.4 Å². The normalized spacial score (nSPS) is 16.1. The number of aromatic nitrogens is 2. The highest BCUT2D eigenvalue weighted by atomic mass is 32.2. The number of sulfonamides is 1. The number of nitrogens with zero attached hydrogens (tertiary/aromatic N) is 4. The molecule has 0 aliphatic carbocycles. The Morgan fingerprint density at radius 1 is 1.23 bits per heavy atom. The second-order valence-electron chi connectivity index (χ2n) is 7.65. The standard InChI is InChI=1S/C21H24N4O3S2/c1-15-6-7-18-19(13-15)29-21(23-18)25(14-17-5-3-4-10-22-17)20(26)16-8-11-24(12-9-16)30(2,27)28/h3-7,10,13,16H,8-9,11-12,14H2,1-2H3. The zero-order valence-corrected chi connectivity index (χ0v) is 18.6. The van der Waals surface area contributed by atoms with E-state index < -0.39 is 10.0 Å². The van der Waals surface area contributed by atoms with E-state index in [0.717, 1.165) is 21.5 Å². The monoisotopic (exact) mass is 444 g/mol. The van der Waals surface area contributed by atoms with Crippen molar-refractivity contribution in [2.24, 2.45) is 5.92 Å². The predicted molar refractivity (Wildman–Crippen MR) is 119 cm³/mol. The van der Waals surface area contributed by atoms with Crippen molar-refractivity contribution in [3.05, 3.63) is 53.9 Å². The minimum Gasteiger partial charge on any atom is -0.282 e. The van der Waals surface area contributed by atoms with Crippen LogP contribution in [0.4, 0.5) is 5.13 Å². The van der Waals surface area contributed by atoms with Crippen LogP contribution < -0.4 is 4.90 Å². The summed E-state index contributed by atoms with van der Waals surface area (Å²) >= 11 is 1.50. The summed E-state index contributed by atoms with van der Waals surface area (Å²) in [5, 5.41) is 0.650. The van der Waals surface area contributed by atoms with Gasteiger partial charge < -0.3 is 0 Å². The molecule has 3 heterocycles. The highest BCUT2D eigenvalue weighted by Gasteiger charge is 2.33. The highest BCUT2D eigenvalue weighted by Crippen LogP contribution is 2.32. The van der Waals surface area contributed by atoms with Crippen LogP contribution in [0.5, 0.6) is 0 Å². The van der Waals surface area contributed by atoms with Gasteiger partial charge in [-0.05, 0) is 49.6 Å². The second-order valence-corrected chi connectivity index (χ2v) is 10.6. The van der Waals surface area contributed by atoms with Crippen LogP contribution in [0.2, 0.25) is 0 Å². The fourth-order valence-corrected chi connectivity index (χ4v) is 5.63. The smallest absolute Gasteiger partial charge is 0.232 e. The Bertz CT molecular complexity index is 1150. The molecule has 0 bridgehead atoms. The van der Waals surface area contributed by atoms with E-state index in [9.17, 15) is 13.2 Å². The number of hydrogen-bond donors (Lipinski definition) is 0. The molecule has 0 atom stereocenters. The van der Waals surface area contributed by atoms with Crippen LogP contribution in [0.15, 0.2) is 42.6 Å². The Balaban J connectivity index is 1.62. The first-order valence-corrected chi connectivity index (χ1v) is 12.5. The van der Waals surface area contributed by atoms with Gasteiger partial charge in [0.05, 0.1) is 28.7 Å². The Morgan fingerprint density at radius 3 is 2.67 bits per heavy atom. The van der Waals surface area contributed by atoms with Crippen LogP contribution in [-0.4, -0.2) is 47.9 Å². The van der Waals surface area contributed by atoms with Gasteiger partial charge in [0.1, 0.15) is 0 Å². The quantitative estimate of drug-likeness (QED) is 0.603. The number of piperidine rings is 1. The van der Waals surface area contributed by atoms with Gasteiger partial charge in [0.2, 0.25) is 15.9 Å². The first-order chi connectivity index (χ1) is 14.3. The molecule has 158 valence electrons. The highest BCUT2D eigenvalue weighted by molar-refractivity contribution is 7.88. The number of pyridine rings is 1. The molecule has 7 nitrogen and oxygen atoms in total. The van der Waals surface area contributed by atoms with Gasteiger partial charge in [0.25, 0.3) is 0 Å². The van der Waals surface area contributed by atoms with Crippen molar-refractivity contribution in [1.82, 2.24) is 14.3 Å². The van der Waals surface area contributed by atoms with Gasteiger partial charge in [-0.2, -0.15) is 0 Å². The first kappa shape index (κ1) is 20.9. The number of rotatable bonds is 5. The average molecular weight is 445 g/mol. The SMILES string of the molecule is Cc1ccc2nc(N(Cc3ccccn3)C(=O)C3CCN(S(C)(=O)=O)CC3)sc2c1. The molecule has 1 fully saturated rings. The molecule has 2 aromatic heterocycles. The maximum atomic E-state index is 13.5. The molecule has 0 unspecified atom stereocenters. The van der Waals surface area contributed by atoms with E-state index in [0.29, 0.717) is 37.6 Å². The summed E-state index contributed by atoms with van der Waals surface area (Å²) < 4.78 is 26.1. The minimum atomic E-state index is -3.23. The third-order valence-corrected chi connectivity index (χ3v) is 7.69.